The first kappa shape index (κ1) is 23.3. The molecule has 3 aliphatic carbocycles. The number of nitrogen functional groups attached to an aromatic ring is 1. The lowest BCUT2D eigenvalue weighted by molar-refractivity contribution is -0.139. The van der Waals surface area contributed by atoms with Gasteiger partial charge in [0.05, 0.1) is 18.5 Å². The Hall–Kier alpha value is -2.50. The van der Waals surface area contributed by atoms with Crippen molar-refractivity contribution < 1.29 is 14.3 Å². The molecule has 34 heavy (non-hydrogen) atoms. The molecule has 3 saturated carbocycles. The molecule has 0 spiro atoms. The highest BCUT2D eigenvalue weighted by Crippen LogP contribution is 2.66. The minimum absolute atomic E-state index is 0.0527. The van der Waals surface area contributed by atoms with E-state index in [2.05, 4.69) is 25.2 Å². The van der Waals surface area contributed by atoms with Crippen molar-refractivity contribution >= 4 is 23.2 Å². The summed E-state index contributed by atoms with van der Waals surface area (Å²) in [6.45, 7) is 4.83. The Kier molecular flexibility index (Phi) is 5.69. The first-order valence-corrected chi connectivity index (χ1v) is 12.9. The van der Waals surface area contributed by atoms with Crippen LogP contribution < -0.4 is 15.8 Å². The summed E-state index contributed by atoms with van der Waals surface area (Å²) in [4.78, 5) is 27.3. The summed E-state index contributed by atoms with van der Waals surface area (Å²) in [5, 5.41) is 3.04. The van der Waals surface area contributed by atoms with Crippen molar-refractivity contribution in [2.24, 2.45) is 34.5 Å². The Bertz CT molecular complexity index is 1020. The van der Waals surface area contributed by atoms with Crippen LogP contribution in [0.15, 0.2) is 30.4 Å². The number of hydrogen-bond acceptors (Lipinski definition) is 4. The SMILES string of the molecule is COc1ccc(NC(=O)C[C@H]2CC[C@H]3[C@@H]4CC[C@H]5N(C)C(=O)C=C[C@]5(C)[C@H]4CC[C@]23C)c(N)c1. The van der Waals surface area contributed by atoms with Crippen molar-refractivity contribution in [2.75, 3.05) is 25.2 Å². The number of amides is 2. The first-order valence-electron chi connectivity index (χ1n) is 12.9. The Morgan fingerprint density at radius 3 is 2.71 bits per heavy atom. The molecule has 3 fully saturated rings. The molecule has 7 atom stereocenters. The van der Waals surface area contributed by atoms with Crippen LogP contribution in [0.4, 0.5) is 11.4 Å². The molecule has 0 saturated heterocycles. The summed E-state index contributed by atoms with van der Waals surface area (Å²) in [6, 6.07) is 5.69. The normalized spacial score (nSPS) is 38.6. The molecule has 1 aliphatic heterocycles. The van der Waals surface area contributed by atoms with E-state index in [0.29, 0.717) is 53.3 Å². The highest BCUT2D eigenvalue weighted by atomic mass is 16.5. The molecule has 1 heterocycles. The molecule has 6 heteroatoms. The Morgan fingerprint density at radius 2 is 1.97 bits per heavy atom. The van der Waals surface area contributed by atoms with E-state index < -0.39 is 0 Å². The van der Waals surface area contributed by atoms with E-state index in [0.717, 1.165) is 19.3 Å². The highest BCUT2D eigenvalue weighted by molar-refractivity contribution is 5.94. The summed E-state index contributed by atoms with van der Waals surface area (Å²) in [7, 11) is 3.58. The second-order valence-electron chi connectivity index (χ2n) is 11.6. The van der Waals surface area contributed by atoms with Crippen molar-refractivity contribution in [2.45, 2.75) is 64.8 Å². The number of nitrogens with zero attached hydrogens (tertiary/aromatic N) is 1. The van der Waals surface area contributed by atoms with Crippen LogP contribution in [0.1, 0.15) is 58.8 Å². The summed E-state index contributed by atoms with van der Waals surface area (Å²) in [5.74, 6) is 3.23. The fourth-order valence-corrected chi connectivity index (χ4v) is 8.39. The zero-order chi connectivity index (χ0) is 24.3. The van der Waals surface area contributed by atoms with Crippen LogP contribution in [0, 0.1) is 34.5 Å². The molecular formula is C28H39N3O3. The van der Waals surface area contributed by atoms with E-state index in [1.54, 1.807) is 19.3 Å². The van der Waals surface area contributed by atoms with Gasteiger partial charge in [-0.1, -0.05) is 19.9 Å². The van der Waals surface area contributed by atoms with Gasteiger partial charge >= 0.3 is 0 Å². The Balaban J connectivity index is 1.30. The maximum Gasteiger partial charge on any atom is 0.246 e. The summed E-state index contributed by atoms with van der Waals surface area (Å²) in [5.41, 5.74) is 7.57. The molecule has 5 rings (SSSR count). The Labute approximate surface area is 203 Å². The zero-order valence-corrected chi connectivity index (χ0v) is 21.0. The lowest BCUT2D eigenvalue weighted by atomic mass is 9.47. The molecule has 1 aromatic carbocycles. The van der Waals surface area contributed by atoms with Crippen LogP contribution in [-0.2, 0) is 9.59 Å². The minimum Gasteiger partial charge on any atom is -0.497 e. The van der Waals surface area contributed by atoms with Gasteiger partial charge in [0.2, 0.25) is 11.8 Å². The van der Waals surface area contributed by atoms with Crippen LogP contribution in [0.2, 0.25) is 0 Å². The van der Waals surface area contributed by atoms with Gasteiger partial charge in [0.25, 0.3) is 0 Å². The molecule has 1 aromatic rings. The molecule has 0 bridgehead atoms. The fourth-order valence-electron chi connectivity index (χ4n) is 8.39. The molecule has 6 nitrogen and oxygen atoms in total. The number of likely N-dealkylation sites (N-methyl/N-ethyl adjacent to an activating group) is 1. The average Bonchev–Trinajstić information content (AvgIpc) is 3.14. The smallest absolute Gasteiger partial charge is 0.246 e. The first-order chi connectivity index (χ1) is 16.2. The van der Waals surface area contributed by atoms with Crippen LogP contribution in [0.3, 0.4) is 0 Å². The lowest BCUT2D eigenvalue weighted by Crippen LogP contribution is -2.59. The van der Waals surface area contributed by atoms with E-state index in [4.69, 9.17) is 10.5 Å². The molecule has 3 N–H and O–H groups in total. The van der Waals surface area contributed by atoms with Crippen molar-refractivity contribution in [3.8, 4) is 5.75 Å². The van der Waals surface area contributed by atoms with Crippen LogP contribution >= 0.6 is 0 Å². The molecule has 0 unspecified atom stereocenters. The van der Waals surface area contributed by atoms with Crippen molar-refractivity contribution in [3.05, 3.63) is 30.4 Å². The Morgan fingerprint density at radius 1 is 1.18 bits per heavy atom. The standard InChI is InChI=1S/C28H39N3O3/c1-27-13-11-21-19(7-10-24-28(21,2)14-12-26(33)31(24)3)20(27)8-5-17(27)15-25(32)30-23-9-6-18(34-4)16-22(23)29/h6,9,12,14,16-17,19-21,24H,5,7-8,10-11,13,15,29H2,1-4H3,(H,30,32)/t17-,19+,20+,21+,24-,27-,28-/m1/s1. The van der Waals surface area contributed by atoms with Gasteiger partial charge in [-0.2, -0.15) is 0 Å². The molecule has 0 radical (unpaired) electrons. The predicted molar refractivity (Wildman–Crippen MR) is 134 cm³/mol. The maximum absolute atomic E-state index is 13.0. The number of ether oxygens (including phenoxy) is 1. The van der Waals surface area contributed by atoms with E-state index in [1.165, 1.54) is 19.3 Å². The highest BCUT2D eigenvalue weighted by Gasteiger charge is 2.60. The number of rotatable bonds is 4. The van der Waals surface area contributed by atoms with Crippen molar-refractivity contribution in [3.63, 3.8) is 0 Å². The van der Waals surface area contributed by atoms with Crippen LogP contribution in [0.5, 0.6) is 5.75 Å². The number of nitrogens with two attached hydrogens (primary N) is 1. The summed E-state index contributed by atoms with van der Waals surface area (Å²) >= 11 is 0. The number of nitrogens with one attached hydrogen (secondary N) is 1. The molecule has 184 valence electrons. The second-order valence-corrected chi connectivity index (χ2v) is 11.6. The number of hydrogen-bond donors (Lipinski definition) is 2. The number of carbonyl (C=O) groups is 2. The van der Waals surface area contributed by atoms with Gasteiger partial charge in [-0.3, -0.25) is 9.59 Å². The molecular weight excluding hydrogens is 426 g/mol. The number of carbonyl (C=O) groups excluding carboxylic acids is 2. The molecule has 0 aromatic heterocycles. The van der Waals surface area contributed by atoms with Gasteiger partial charge < -0.3 is 20.7 Å². The summed E-state index contributed by atoms with van der Waals surface area (Å²) in [6.07, 6.45) is 11.5. The minimum atomic E-state index is 0.0527. The van der Waals surface area contributed by atoms with Gasteiger partial charge in [-0.25, -0.2) is 0 Å². The van der Waals surface area contributed by atoms with Gasteiger partial charge in [0.15, 0.2) is 0 Å². The summed E-state index contributed by atoms with van der Waals surface area (Å²) < 4.78 is 5.21. The van der Waals surface area contributed by atoms with Gasteiger partial charge in [0.1, 0.15) is 5.75 Å². The predicted octanol–water partition coefficient (Wildman–Crippen LogP) is 4.86. The quantitative estimate of drug-likeness (QED) is 0.622. The van der Waals surface area contributed by atoms with E-state index in [9.17, 15) is 9.59 Å². The fraction of sp³-hybridized carbons (Fsp3) is 0.643. The van der Waals surface area contributed by atoms with Crippen LogP contribution in [-0.4, -0.2) is 36.9 Å². The van der Waals surface area contributed by atoms with E-state index in [-0.39, 0.29) is 22.6 Å². The lowest BCUT2D eigenvalue weighted by Gasteiger charge is -2.60. The van der Waals surface area contributed by atoms with Crippen molar-refractivity contribution in [1.29, 1.82) is 0 Å². The van der Waals surface area contributed by atoms with Crippen molar-refractivity contribution in [1.82, 2.24) is 4.90 Å². The average molecular weight is 466 g/mol. The van der Waals surface area contributed by atoms with Gasteiger partial charge in [-0.05, 0) is 85.8 Å². The third kappa shape index (κ3) is 3.52. The van der Waals surface area contributed by atoms with E-state index in [1.807, 2.05) is 24.1 Å². The maximum atomic E-state index is 13.0. The monoisotopic (exact) mass is 465 g/mol. The van der Waals surface area contributed by atoms with Gasteiger partial charge in [-0.15, -0.1) is 0 Å². The molecule has 4 aliphatic rings. The number of benzene rings is 1. The third-order valence-electron chi connectivity index (χ3n) is 10.3. The van der Waals surface area contributed by atoms with E-state index >= 15 is 0 Å². The van der Waals surface area contributed by atoms with Gasteiger partial charge in [0, 0.05) is 31.0 Å². The number of fused-ring (bicyclic) bond motifs is 5. The second kappa shape index (κ2) is 8.31. The largest absolute Gasteiger partial charge is 0.497 e. The molecule has 2 amide bonds. The third-order valence-corrected chi connectivity index (χ3v) is 10.3. The topological polar surface area (TPSA) is 84.7 Å². The number of methoxy groups -OCH3 is 1. The van der Waals surface area contributed by atoms with Crippen LogP contribution in [0.25, 0.3) is 0 Å². The number of anilines is 2. The zero-order valence-electron chi connectivity index (χ0n) is 21.0.